The summed E-state index contributed by atoms with van der Waals surface area (Å²) < 4.78 is 0. The maximum absolute atomic E-state index is 12.3. The van der Waals surface area contributed by atoms with E-state index in [4.69, 9.17) is 0 Å². The summed E-state index contributed by atoms with van der Waals surface area (Å²) in [5.41, 5.74) is 0.0801. The largest absolute Gasteiger partial charge is 0.356 e. The highest BCUT2D eigenvalue weighted by molar-refractivity contribution is 6.03. The zero-order valence-corrected chi connectivity index (χ0v) is 16.2. The maximum atomic E-state index is 12.3. The second-order valence-electron chi connectivity index (χ2n) is 9.12. The molecule has 1 N–H and O–H groups in total. The van der Waals surface area contributed by atoms with Crippen LogP contribution >= 0.6 is 0 Å². The summed E-state index contributed by atoms with van der Waals surface area (Å²) in [6.07, 6.45) is 3.21. The van der Waals surface area contributed by atoms with Crippen molar-refractivity contribution in [1.82, 2.24) is 10.2 Å². The summed E-state index contributed by atoms with van der Waals surface area (Å²) in [6.45, 7) is 13.5. The molecule has 0 spiro atoms. The molecule has 0 radical (unpaired) electrons. The van der Waals surface area contributed by atoms with Gasteiger partial charge in [0.2, 0.25) is 17.7 Å². The lowest BCUT2D eigenvalue weighted by Gasteiger charge is -2.24. The highest BCUT2D eigenvalue weighted by Crippen LogP contribution is 2.35. The Hall–Kier alpha value is -1.39. The number of carbonyl (C=O) groups is 3. The Labute approximate surface area is 146 Å². The molecule has 1 atom stereocenters. The van der Waals surface area contributed by atoms with Crippen LogP contribution in [-0.2, 0) is 14.4 Å². The number of hydrogen-bond acceptors (Lipinski definition) is 3. The first-order chi connectivity index (χ1) is 10.9. The van der Waals surface area contributed by atoms with Crippen molar-refractivity contribution in [3.05, 3.63) is 0 Å². The number of carbonyl (C=O) groups excluding carboxylic acids is 3. The average Bonchev–Trinajstić information content (AvgIpc) is 2.70. The van der Waals surface area contributed by atoms with Crippen LogP contribution in [0.1, 0.15) is 73.6 Å². The van der Waals surface area contributed by atoms with Gasteiger partial charge in [0.25, 0.3) is 0 Å². The minimum Gasteiger partial charge on any atom is -0.356 e. The van der Waals surface area contributed by atoms with Crippen LogP contribution < -0.4 is 5.32 Å². The lowest BCUT2D eigenvalue weighted by Crippen LogP contribution is -2.35. The molecule has 1 heterocycles. The lowest BCUT2D eigenvalue weighted by atomic mass is 9.80. The fraction of sp³-hybridized carbons (Fsp3) is 0.842. The molecule has 1 fully saturated rings. The summed E-state index contributed by atoms with van der Waals surface area (Å²) >= 11 is 0. The molecule has 0 saturated carbocycles. The van der Waals surface area contributed by atoms with Gasteiger partial charge in [-0.05, 0) is 30.1 Å². The van der Waals surface area contributed by atoms with Crippen molar-refractivity contribution in [2.24, 2.45) is 16.7 Å². The number of imide groups is 1. The lowest BCUT2D eigenvalue weighted by molar-refractivity contribution is -0.140. The third-order valence-electron chi connectivity index (χ3n) is 4.50. The second kappa shape index (κ2) is 8.13. The smallest absolute Gasteiger partial charge is 0.233 e. The summed E-state index contributed by atoms with van der Waals surface area (Å²) in [4.78, 5) is 37.5. The Morgan fingerprint density at radius 2 is 1.75 bits per heavy atom. The van der Waals surface area contributed by atoms with Crippen molar-refractivity contribution in [3.8, 4) is 0 Å². The number of likely N-dealkylation sites (tertiary alicyclic amines) is 1. The standard InChI is InChI=1S/C19H34N2O3/c1-18(2,3)10-8-11-20-15(22)9-7-12-21-16(23)13-14(17(21)24)19(4,5)6/h14H,7-13H2,1-6H3,(H,20,22). The average molecular weight is 338 g/mol. The Morgan fingerprint density at radius 1 is 1.12 bits per heavy atom. The van der Waals surface area contributed by atoms with E-state index in [0.29, 0.717) is 32.4 Å². The monoisotopic (exact) mass is 338 g/mol. The number of hydrogen-bond donors (Lipinski definition) is 1. The topological polar surface area (TPSA) is 66.5 Å². The van der Waals surface area contributed by atoms with Gasteiger partial charge in [-0.25, -0.2) is 0 Å². The predicted molar refractivity (Wildman–Crippen MR) is 95.2 cm³/mol. The third kappa shape index (κ3) is 6.62. The van der Waals surface area contributed by atoms with E-state index in [2.05, 4.69) is 26.1 Å². The number of nitrogens with zero attached hydrogens (tertiary/aromatic N) is 1. The minimum atomic E-state index is -0.240. The van der Waals surface area contributed by atoms with Gasteiger partial charge in [-0.3, -0.25) is 19.3 Å². The van der Waals surface area contributed by atoms with Crippen LogP contribution in [0.5, 0.6) is 0 Å². The van der Waals surface area contributed by atoms with E-state index in [1.807, 2.05) is 20.8 Å². The first kappa shape index (κ1) is 20.7. The van der Waals surface area contributed by atoms with Gasteiger partial charge < -0.3 is 5.32 Å². The highest BCUT2D eigenvalue weighted by atomic mass is 16.2. The molecule has 0 aromatic rings. The van der Waals surface area contributed by atoms with E-state index in [1.165, 1.54) is 4.90 Å². The fourth-order valence-electron chi connectivity index (χ4n) is 2.93. The molecule has 138 valence electrons. The van der Waals surface area contributed by atoms with Gasteiger partial charge in [-0.15, -0.1) is 0 Å². The summed E-state index contributed by atoms with van der Waals surface area (Å²) in [5, 5.41) is 2.91. The van der Waals surface area contributed by atoms with Crippen molar-refractivity contribution < 1.29 is 14.4 Å². The Bertz CT molecular complexity index is 472. The van der Waals surface area contributed by atoms with Crippen molar-refractivity contribution in [1.29, 1.82) is 0 Å². The van der Waals surface area contributed by atoms with Gasteiger partial charge in [0.15, 0.2) is 0 Å². The zero-order valence-electron chi connectivity index (χ0n) is 16.2. The van der Waals surface area contributed by atoms with Gasteiger partial charge in [0, 0.05) is 25.9 Å². The molecule has 1 aliphatic rings. The molecular formula is C19H34N2O3. The number of nitrogens with one attached hydrogen (secondary N) is 1. The van der Waals surface area contributed by atoms with Crippen molar-refractivity contribution in [3.63, 3.8) is 0 Å². The first-order valence-corrected chi connectivity index (χ1v) is 9.03. The van der Waals surface area contributed by atoms with Gasteiger partial charge in [0.05, 0.1) is 5.92 Å². The highest BCUT2D eigenvalue weighted by Gasteiger charge is 2.44. The SMILES string of the molecule is CC(C)(C)CCCNC(=O)CCCN1C(=O)CC(C(C)(C)C)C1=O. The maximum Gasteiger partial charge on any atom is 0.233 e. The van der Waals surface area contributed by atoms with E-state index in [-0.39, 0.29) is 34.5 Å². The number of amides is 3. The molecule has 1 saturated heterocycles. The molecule has 24 heavy (non-hydrogen) atoms. The molecule has 0 aliphatic carbocycles. The second-order valence-corrected chi connectivity index (χ2v) is 9.12. The van der Waals surface area contributed by atoms with Crippen molar-refractivity contribution >= 4 is 17.7 Å². The normalized spacial score (nSPS) is 19.1. The first-order valence-electron chi connectivity index (χ1n) is 9.03. The van der Waals surface area contributed by atoms with Crippen molar-refractivity contribution in [2.75, 3.05) is 13.1 Å². The summed E-state index contributed by atoms with van der Waals surface area (Å²) in [5.74, 6) is -0.435. The van der Waals surface area contributed by atoms with Crippen LogP contribution in [0.15, 0.2) is 0 Å². The van der Waals surface area contributed by atoms with Crippen LogP contribution in [0.25, 0.3) is 0 Å². The summed E-state index contributed by atoms with van der Waals surface area (Å²) in [6, 6.07) is 0. The molecule has 5 nitrogen and oxygen atoms in total. The molecular weight excluding hydrogens is 304 g/mol. The van der Waals surface area contributed by atoms with Crippen molar-refractivity contribution in [2.45, 2.75) is 73.6 Å². The molecule has 1 aliphatic heterocycles. The molecule has 0 bridgehead atoms. The van der Waals surface area contributed by atoms with E-state index in [1.54, 1.807) is 0 Å². The van der Waals surface area contributed by atoms with E-state index < -0.39 is 0 Å². The van der Waals surface area contributed by atoms with Gasteiger partial charge in [0.1, 0.15) is 0 Å². The molecule has 0 aromatic heterocycles. The summed E-state index contributed by atoms with van der Waals surface area (Å²) in [7, 11) is 0. The van der Waals surface area contributed by atoms with Crippen LogP contribution in [0.4, 0.5) is 0 Å². The van der Waals surface area contributed by atoms with Crippen LogP contribution in [0, 0.1) is 16.7 Å². The Balaban J connectivity index is 2.28. The molecule has 0 aromatic carbocycles. The minimum absolute atomic E-state index is 0.00428. The van der Waals surface area contributed by atoms with E-state index in [0.717, 1.165) is 12.8 Å². The molecule has 3 amide bonds. The Morgan fingerprint density at radius 3 is 2.25 bits per heavy atom. The van der Waals surface area contributed by atoms with Gasteiger partial charge in [-0.2, -0.15) is 0 Å². The van der Waals surface area contributed by atoms with E-state index >= 15 is 0 Å². The van der Waals surface area contributed by atoms with E-state index in [9.17, 15) is 14.4 Å². The number of rotatable bonds is 7. The van der Waals surface area contributed by atoms with Crippen LogP contribution in [-0.4, -0.2) is 35.7 Å². The zero-order chi connectivity index (χ0) is 18.5. The fourth-order valence-corrected chi connectivity index (χ4v) is 2.93. The molecule has 1 unspecified atom stereocenters. The Kier molecular flexibility index (Phi) is 6.99. The van der Waals surface area contributed by atoms with Crippen LogP contribution in [0.2, 0.25) is 0 Å². The van der Waals surface area contributed by atoms with Gasteiger partial charge >= 0.3 is 0 Å². The molecule has 5 heteroatoms. The quantitative estimate of drug-likeness (QED) is 0.573. The third-order valence-corrected chi connectivity index (χ3v) is 4.50. The molecule has 1 rings (SSSR count). The van der Waals surface area contributed by atoms with Gasteiger partial charge in [-0.1, -0.05) is 41.5 Å². The predicted octanol–water partition coefficient (Wildman–Crippen LogP) is 3.13. The van der Waals surface area contributed by atoms with Crippen LogP contribution in [0.3, 0.4) is 0 Å².